The van der Waals surface area contributed by atoms with Crippen LogP contribution in [-0.4, -0.2) is 25.8 Å². The van der Waals surface area contributed by atoms with Crippen molar-refractivity contribution in [1.29, 1.82) is 0 Å². The first-order chi connectivity index (χ1) is 6.77. The first kappa shape index (κ1) is 9.17. The standard InChI is InChI=1S/C12H21NO/c1-12(4-5-14-8-12)7-13-11-3-2-9-6-10(9)11/h9-11,13H,2-8H2,1H3. The van der Waals surface area contributed by atoms with Gasteiger partial charge in [-0.2, -0.15) is 0 Å². The van der Waals surface area contributed by atoms with Gasteiger partial charge in [-0.1, -0.05) is 6.92 Å². The average molecular weight is 195 g/mol. The van der Waals surface area contributed by atoms with Gasteiger partial charge >= 0.3 is 0 Å². The Morgan fingerprint density at radius 1 is 1.43 bits per heavy atom. The maximum Gasteiger partial charge on any atom is 0.0532 e. The second-order valence-electron chi connectivity index (χ2n) is 5.84. The summed E-state index contributed by atoms with van der Waals surface area (Å²) in [5.74, 6) is 2.14. The van der Waals surface area contributed by atoms with Crippen LogP contribution >= 0.6 is 0 Å². The monoisotopic (exact) mass is 195 g/mol. The summed E-state index contributed by atoms with van der Waals surface area (Å²) in [5, 5.41) is 3.78. The Morgan fingerprint density at radius 2 is 2.36 bits per heavy atom. The van der Waals surface area contributed by atoms with Gasteiger partial charge in [0.15, 0.2) is 0 Å². The predicted octanol–water partition coefficient (Wildman–Crippen LogP) is 1.80. The lowest BCUT2D eigenvalue weighted by Crippen LogP contribution is -2.38. The van der Waals surface area contributed by atoms with Gasteiger partial charge in [-0.05, 0) is 37.5 Å². The highest BCUT2D eigenvalue weighted by molar-refractivity contribution is 5.01. The highest BCUT2D eigenvalue weighted by atomic mass is 16.5. The SMILES string of the molecule is CC1(CNC2CCC3CC32)CCOC1. The molecule has 0 spiro atoms. The molecule has 3 fully saturated rings. The van der Waals surface area contributed by atoms with Gasteiger partial charge in [-0.25, -0.2) is 0 Å². The zero-order chi connectivity index (χ0) is 9.60. The lowest BCUT2D eigenvalue weighted by atomic mass is 9.89. The van der Waals surface area contributed by atoms with Crippen molar-refractivity contribution in [3.8, 4) is 0 Å². The van der Waals surface area contributed by atoms with Crippen LogP contribution in [0.25, 0.3) is 0 Å². The predicted molar refractivity (Wildman–Crippen MR) is 56.2 cm³/mol. The molecule has 2 saturated carbocycles. The number of fused-ring (bicyclic) bond motifs is 1. The first-order valence-electron chi connectivity index (χ1n) is 6.08. The van der Waals surface area contributed by atoms with Crippen molar-refractivity contribution in [2.75, 3.05) is 19.8 Å². The largest absolute Gasteiger partial charge is 0.381 e. The van der Waals surface area contributed by atoms with Gasteiger partial charge < -0.3 is 10.1 Å². The fourth-order valence-electron chi connectivity index (χ4n) is 3.18. The van der Waals surface area contributed by atoms with E-state index >= 15 is 0 Å². The van der Waals surface area contributed by atoms with Crippen molar-refractivity contribution < 1.29 is 4.74 Å². The van der Waals surface area contributed by atoms with E-state index in [4.69, 9.17) is 4.74 Å². The van der Waals surface area contributed by atoms with E-state index in [0.717, 1.165) is 31.1 Å². The van der Waals surface area contributed by atoms with Crippen LogP contribution in [0, 0.1) is 17.3 Å². The minimum Gasteiger partial charge on any atom is -0.381 e. The molecule has 2 aliphatic carbocycles. The highest BCUT2D eigenvalue weighted by Gasteiger charge is 2.48. The molecule has 0 bridgehead atoms. The van der Waals surface area contributed by atoms with Gasteiger partial charge in [0.05, 0.1) is 6.61 Å². The molecule has 14 heavy (non-hydrogen) atoms. The van der Waals surface area contributed by atoms with Crippen LogP contribution in [0.1, 0.15) is 32.6 Å². The van der Waals surface area contributed by atoms with E-state index < -0.39 is 0 Å². The lowest BCUT2D eigenvalue weighted by molar-refractivity contribution is 0.156. The summed E-state index contributed by atoms with van der Waals surface area (Å²) in [5.41, 5.74) is 0.424. The number of ether oxygens (including phenoxy) is 1. The third-order valence-electron chi connectivity index (χ3n) is 4.43. The van der Waals surface area contributed by atoms with Crippen molar-refractivity contribution in [3.05, 3.63) is 0 Å². The number of hydrogen-bond acceptors (Lipinski definition) is 2. The van der Waals surface area contributed by atoms with Crippen LogP contribution in [0.15, 0.2) is 0 Å². The van der Waals surface area contributed by atoms with Crippen molar-refractivity contribution in [1.82, 2.24) is 5.32 Å². The summed E-state index contributed by atoms with van der Waals surface area (Å²) >= 11 is 0. The molecular weight excluding hydrogens is 174 g/mol. The van der Waals surface area contributed by atoms with Crippen molar-refractivity contribution in [2.24, 2.45) is 17.3 Å². The number of nitrogens with one attached hydrogen (secondary N) is 1. The third-order valence-corrected chi connectivity index (χ3v) is 4.43. The summed E-state index contributed by atoms with van der Waals surface area (Å²) in [4.78, 5) is 0. The Morgan fingerprint density at radius 3 is 2.93 bits per heavy atom. The maximum absolute atomic E-state index is 5.47. The molecule has 0 aromatic rings. The summed E-state index contributed by atoms with van der Waals surface area (Å²) in [7, 11) is 0. The molecule has 3 rings (SSSR count). The molecule has 1 saturated heterocycles. The van der Waals surface area contributed by atoms with E-state index in [2.05, 4.69) is 12.2 Å². The van der Waals surface area contributed by atoms with Gasteiger partial charge in [0.2, 0.25) is 0 Å². The zero-order valence-corrected chi connectivity index (χ0v) is 9.09. The Bertz CT molecular complexity index is 222. The zero-order valence-electron chi connectivity index (χ0n) is 9.09. The second kappa shape index (κ2) is 3.21. The molecule has 0 amide bonds. The van der Waals surface area contributed by atoms with Crippen molar-refractivity contribution >= 4 is 0 Å². The van der Waals surface area contributed by atoms with Gasteiger partial charge in [0.25, 0.3) is 0 Å². The molecule has 4 atom stereocenters. The van der Waals surface area contributed by atoms with Crippen molar-refractivity contribution in [3.63, 3.8) is 0 Å². The Hall–Kier alpha value is -0.0800. The number of rotatable bonds is 3. The molecular formula is C12H21NO. The molecule has 0 aromatic heterocycles. The summed E-state index contributed by atoms with van der Waals surface area (Å²) in [6.45, 7) is 5.45. The van der Waals surface area contributed by atoms with E-state index in [1.165, 1.54) is 32.2 Å². The van der Waals surface area contributed by atoms with E-state index in [0.29, 0.717) is 5.41 Å². The molecule has 80 valence electrons. The van der Waals surface area contributed by atoms with Crippen LogP contribution in [0.5, 0.6) is 0 Å². The third kappa shape index (κ3) is 1.59. The normalized spacial score (nSPS) is 50.8. The van der Waals surface area contributed by atoms with Crippen LogP contribution in [0.2, 0.25) is 0 Å². The van der Waals surface area contributed by atoms with Crippen LogP contribution in [0.3, 0.4) is 0 Å². The fourth-order valence-corrected chi connectivity index (χ4v) is 3.18. The minimum absolute atomic E-state index is 0.424. The van der Waals surface area contributed by atoms with Gasteiger partial charge in [-0.15, -0.1) is 0 Å². The Labute approximate surface area is 86.4 Å². The molecule has 1 heterocycles. The molecule has 0 aromatic carbocycles. The first-order valence-corrected chi connectivity index (χ1v) is 6.08. The van der Waals surface area contributed by atoms with E-state index in [1.54, 1.807) is 0 Å². The summed E-state index contributed by atoms with van der Waals surface area (Å²) in [6.07, 6.45) is 5.65. The molecule has 1 aliphatic heterocycles. The Balaban J connectivity index is 1.49. The second-order valence-corrected chi connectivity index (χ2v) is 5.84. The number of hydrogen-bond donors (Lipinski definition) is 1. The molecule has 3 aliphatic rings. The van der Waals surface area contributed by atoms with Crippen LogP contribution in [-0.2, 0) is 4.74 Å². The van der Waals surface area contributed by atoms with Crippen LogP contribution in [0.4, 0.5) is 0 Å². The van der Waals surface area contributed by atoms with Gasteiger partial charge in [0, 0.05) is 24.6 Å². The lowest BCUT2D eigenvalue weighted by Gasteiger charge is -2.25. The quantitative estimate of drug-likeness (QED) is 0.741. The molecule has 4 unspecified atom stereocenters. The summed E-state index contributed by atoms with van der Waals surface area (Å²) in [6, 6.07) is 0.845. The van der Waals surface area contributed by atoms with E-state index in [1.807, 2.05) is 0 Å². The maximum atomic E-state index is 5.47. The highest BCUT2D eigenvalue weighted by Crippen LogP contribution is 2.51. The van der Waals surface area contributed by atoms with Gasteiger partial charge in [0.1, 0.15) is 0 Å². The van der Waals surface area contributed by atoms with E-state index in [9.17, 15) is 0 Å². The topological polar surface area (TPSA) is 21.3 Å². The molecule has 1 N–H and O–H groups in total. The van der Waals surface area contributed by atoms with E-state index in [-0.39, 0.29) is 0 Å². The molecule has 2 nitrogen and oxygen atoms in total. The smallest absolute Gasteiger partial charge is 0.0532 e. The van der Waals surface area contributed by atoms with Gasteiger partial charge in [-0.3, -0.25) is 0 Å². The molecule has 2 heteroatoms. The van der Waals surface area contributed by atoms with Crippen molar-refractivity contribution in [2.45, 2.75) is 38.6 Å². The van der Waals surface area contributed by atoms with Crippen LogP contribution < -0.4 is 5.32 Å². The minimum atomic E-state index is 0.424. The summed E-state index contributed by atoms with van der Waals surface area (Å²) < 4.78 is 5.47. The fraction of sp³-hybridized carbons (Fsp3) is 1.00. The average Bonchev–Trinajstić information content (AvgIpc) is 2.66. The Kier molecular flexibility index (Phi) is 2.10. The molecule has 0 radical (unpaired) electrons.